The Hall–Kier alpha value is -1.83. The summed E-state index contributed by atoms with van der Waals surface area (Å²) in [6, 6.07) is 15.2. The predicted octanol–water partition coefficient (Wildman–Crippen LogP) is 1.99. The van der Waals surface area contributed by atoms with Gasteiger partial charge in [-0.05, 0) is 0 Å². The molecule has 0 aromatic heterocycles. The Morgan fingerprint density at radius 1 is 0.696 bits per heavy atom. The molecule has 0 bridgehead atoms. The molecule has 0 saturated heterocycles. The summed E-state index contributed by atoms with van der Waals surface area (Å²) < 4.78 is 13.0. The molecule has 2 aromatic rings. The van der Waals surface area contributed by atoms with Crippen molar-refractivity contribution in [3.63, 3.8) is 0 Å². The second-order valence-electron chi connectivity index (χ2n) is 5.28. The fourth-order valence-corrected chi connectivity index (χ4v) is 8.79. The van der Waals surface area contributed by atoms with Gasteiger partial charge in [0, 0.05) is 0 Å². The summed E-state index contributed by atoms with van der Waals surface area (Å²) >= 11 is -4.09. The summed E-state index contributed by atoms with van der Waals surface area (Å²) in [7, 11) is 0. The van der Waals surface area contributed by atoms with Crippen LogP contribution in [0.15, 0.2) is 48.5 Å². The van der Waals surface area contributed by atoms with E-state index < -0.39 is 30.9 Å². The number of carbonyl (C=O) groups is 2. The van der Waals surface area contributed by atoms with Gasteiger partial charge in [0.25, 0.3) is 0 Å². The van der Waals surface area contributed by atoms with Gasteiger partial charge in [0.1, 0.15) is 0 Å². The summed E-state index contributed by atoms with van der Waals surface area (Å²) in [4.78, 5) is 23.5. The first-order valence-corrected chi connectivity index (χ1v) is 11.4. The summed E-state index contributed by atoms with van der Waals surface area (Å²) in [6.45, 7) is 6.63. The predicted molar refractivity (Wildman–Crippen MR) is 90.9 cm³/mol. The molecule has 0 aliphatic rings. The van der Waals surface area contributed by atoms with Crippen LogP contribution in [0, 0.1) is 13.8 Å². The molecule has 2 aromatic carbocycles. The molecule has 0 aliphatic heterocycles. The van der Waals surface area contributed by atoms with Crippen LogP contribution in [-0.2, 0) is 15.8 Å². The van der Waals surface area contributed by atoms with E-state index in [1.54, 1.807) is 0 Å². The first-order valence-electron chi connectivity index (χ1n) is 7.20. The molecule has 0 amide bonds. The Morgan fingerprint density at radius 2 is 1.00 bits per heavy atom. The van der Waals surface area contributed by atoms with E-state index in [1.165, 1.54) is 13.8 Å². The number of hydrogen-bond acceptors (Lipinski definition) is 4. The topological polar surface area (TPSA) is 52.6 Å². The summed E-state index contributed by atoms with van der Waals surface area (Å²) in [5.41, 5.74) is 2.17. The monoisotopic (exact) mass is 430 g/mol. The summed E-state index contributed by atoms with van der Waals surface area (Å²) in [5, 5.41) is 0. The van der Waals surface area contributed by atoms with Crippen LogP contribution in [0.2, 0.25) is 0 Å². The standard InChI is InChI=1S/C18H20O4Te/c1-13-5-9-17(10-6-13)23(21-15(3)19,22-16(4)20)18-11-7-14(2)8-12-18/h5-12H,1-4H3. The molecule has 23 heavy (non-hydrogen) atoms. The van der Waals surface area contributed by atoms with Crippen molar-refractivity contribution < 1.29 is 15.8 Å². The van der Waals surface area contributed by atoms with E-state index in [-0.39, 0.29) is 0 Å². The van der Waals surface area contributed by atoms with Crippen LogP contribution >= 0.6 is 0 Å². The van der Waals surface area contributed by atoms with Gasteiger partial charge in [0.2, 0.25) is 0 Å². The van der Waals surface area contributed by atoms with E-state index in [2.05, 4.69) is 0 Å². The second kappa shape index (κ2) is 7.16. The second-order valence-corrected chi connectivity index (χ2v) is 11.8. The number of carbonyl (C=O) groups excluding carboxylic acids is 2. The zero-order chi connectivity index (χ0) is 17.0. The Balaban J connectivity index is 2.67. The maximum absolute atomic E-state index is 11.8. The van der Waals surface area contributed by atoms with Crippen LogP contribution in [-0.4, -0.2) is 30.9 Å². The van der Waals surface area contributed by atoms with Gasteiger partial charge in [0.15, 0.2) is 0 Å². The van der Waals surface area contributed by atoms with Crippen molar-refractivity contribution >= 4 is 38.2 Å². The Labute approximate surface area is 141 Å². The molecule has 0 fully saturated rings. The minimum atomic E-state index is -4.09. The van der Waals surface area contributed by atoms with Gasteiger partial charge in [0.05, 0.1) is 0 Å². The first-order chi connectivity index (χ1) is 10.8. The van der Waals surface area contributed by atoms with E-state index in [1.807, 2.05) is 62.4 Å². The van der Waals surface area contributed by atoms with Gasteiger partial charge in [-0.1, -0.05) is 0 Å². The molecule has 0 saturated carbocycles. The summed E-state index contributed by atoms with van der Waals surface area (Å²) in [6.07, 6.45) is 0. The molecule has 0 unspecified atom stereocenters. The van der Waals surface area contributed by atoms with E-state index >= 15 is 0 Å². The number of rotatable bonds is 4. The van der Waals surface area contributed by atoms with Crippen molar-refractivity contribution in [2.24, 2.45) is 0 Å². The maximum atomic E-state index is 11.8. The van der Waals surface area contributed by atoms with Crippen molar-refractivity contribution in [1.29, 1.82) is 0 Å². The normalized spacial score (nSPS) is 11.7. The molecule has 0 aliphatic carbocycles. The van der Waals surface area contributed by atoms with Crippen LogP contribution < -0.4 is 7.22 Å². The molecule has 0 radical (unpaired) electrons. The van der Waals surface area contributed by atoms with Crippen LogP contribution in [0.1, 0.15) is 25.0 Å². The molecule has 0 heterocycles. The molecule has 122 valence electrons. The van der Waals surface area contributed by atoms with Crippen molar-refractivity contribution in [2.75, 3.05) is 0 Å². The van der Waals surface area contributed by atoms with Gasteiger partial charge >= 0.3 is 141 Å². The quantitative estimate of drug-likeness (QED) is 0.700. The molecule has 5 heteroatoms. The molecule has 0 N–H and O–H groups in total. The van der Waals surface area contributed by atoms with E-state index in [9.17, 15) is 9.59 Å². The Morgan fingerprint density at radius 3 is 1.26 bits per heavy atom. The van der Waals surface area contributed by atoms with E-state index in [0.717, 1.165) is 18.3 Å². The fourth-order valence-electron chi connectivity index (χ4n) is 2.11. The van der Waals surface area contributed by atoms with Crippen LogP contribution in [0.25, 0.3) is 0 Å². The average molecular weight is 428 g/mol. The molecular formula is C18H20O4Te. The van der Waals surface area contributed by atoms with Crippen LogP contribution in [0.3, 0.4) is 0 Å². The van der Waals surface area contributed by atoms with Crippen molar-refractivity contribution in [2.45, 2.75) is 27.7 Å². The fraction of sp³-hybridized carbons (Fsp3) is 0.222. The molecule has 0 atom stereocenters. The zero-order valence-corrected chi connectivity index (χ0v) is 16.0. The average Bonchev–Trinajstić information content (AvgIpc) is 2.46. The number of benzene rings is 2. The molecule has 0 spiro atoms. The first kappa shape index (κ1) is 17.5. The van der Waals surface area contributed by atoms with Gasteiger partial charge in [-0.3, -0.25) is 0 Å². The van der Waals surface area contributed by atoms with Crippen molar-refractivity contribution in [1.82, 2.24) is 0 Å². The Kier molecular flexibility index (Phi) is 5.46. The van der Waals surface area contributed by atoms with E-state index in [0.29, 0.717) is 0 Å². The van der Waals surface area contributed by atoms with Gasteiger partial charge in [-0.25, -0.2) is 0 Å². The zero-order valence-electron chi connectivity index (χ0n) is 13.7. The van der Waals surface area contributed by atoms with Crippen LogP contribution in [0.4, 0.5) is 0 Å². The molecular weight excluding hydrogens is 408 g/mol. The van der Waals surface area contributed by atoms with Gasteiger partial charge in [-0.15, -0.1) is 0 Å². The van der Waals surface area contributed by atoms with Gasteiger partial charge < -0.3 is 0 Å². The summed E-state index contributed by atoms with van der Waals surface area (Å²) in [5.74, 6) is -0.901. The Bertz CT molecular complexity index is 641. The number of hydrogen-bond donors (Lipinski definition) is 0. The minimum absolute atomic E-state index is 0.450. The van der Waals surface area contributed by atoms with Crippen molar-refractivity contribution in [3.8, 4) is 0 Å². The SMILES string of the molecule is CC(=O)O[Te](OC(C)=O)(c1ccc(C)cc1)c1ccc(C)cc1. The molecule has 4 nitrogen and oxygen atoms in total. The third kappa shape index (κ3) is 4.13. The third-order valence-corrected chi connectivity index (χ3v) is 10.9. The van der Waals surface area contributed by atoms with E-state index in [4.69, 9.17) is 6.20 Å². The van der Waals surface area contributed by atoms with Crippen molar-refractivity contribution in [3.05, 3.63) is 59.7 Å². The third-order valence-electron chi connectivity index (χ3n) is 3.13. The van der Waals surface area contributed by atoms with Gasteiger partial charge in [-0.2, -0.15) is 0 Å². The molecule has 2 rings (SSSR count). The number of aryl methyl sites for hydroxylation is 2. The van der Waals surface area contributed by atoms with Crippen LogP contribution in [0.5, 0.6) is 0 Å².